The lowest BCUT2D eigenvalue weighted by molar-refractivity contribution is -0.384. The Morgan fingerprint density at radius 2 is 1.41 bits per heavy atom. The van der Waals surface area contributed by atoms with Crippen LogP contribution in [0.25, 0.3) is 0 Å². The Morgan fingerprint density at radius 1 is 0.848 bits per heavy atom. The summed E-state index contributed by atoms with van der Waals surface area (Å²) < 4.78 is 10.7. The third-order valence-electron chi connectivity index (χ3n) is 8.92. The van der Waals surface area contributed by atoms with Crippen molar-refractivity contribution < 1.29 is 38.4 Å². The number of hydrogen-bond donors (Lipinski definition) is 0. The Labute approximate surface area is 279 Å². The molecule has 2 bridgehead atoms. The lowest BCUT2D eigenvalue weighted by Gasteiger charge is -2.28. The minimum atomic E-state index is -1.23. The number of carbonyl (C=O) groups is 5. The average molecular weight is 754 g/mol. The first-order valence-corrected chi connectivity index (χ1v) is 16.3. The van der Waals surface area contributed by atoms with Gasteiger partial charge in [0.25, 0.3) is 5.69 Å². The molecule has 46 heavy (non-hydrogen) atoms. The number of nitro benzene ring substituents is 1. The molecule has 3 aromatic rings. The highest BCUT2D eigenvalue weighted by atomic mass is 79.9. The van der Waals surface area contributed by atoms with E-state index >= 15 is 0 Å². The van der Waals surface area contributed by atoms with Gasteiger partial charge in [0.05, 0.1) is 22.3 Å². The van der Waals surface area contributed by atoms with Gasteiger partial charge in [-0.25, -0.2) is 9.59 Å². The normalized spacial score (nSPS) is 25.2. The Hall–Kier alpha value is -4.23. The quantitative estimate of drug-likeness (QED) is 0.0534. The van der Waals surface area contributed by atoms with Crippen LogP contribution in [-0.2, 0) is 25.5 Å². The van der Waals surface area contributed by atoms with E-state index in [0.717, 1.165) is 16.9 Å². The maximum atomic E-state index is 13.7. The van der Waals surface area contributed by atoms with E-state index in [1.807, 2.05) is 6.07 Å². The van der Waals surface area contributed by atoms with Crippen LogP contribution in [0.2, 0.25) is 0 Å². The van der Waals surface area contributed by atoms with Crippen molar-refractivity contribution in [2.45, 2.75) is 28.5 Å². The highest BCUT2D eigenvalue weighted by molar-refractivity contribution is 9.12. The van der Waals surface area contributed by atoms with Crippen molar-refractivity contribution in [3.63, 3.8) is 0 Å². The number of non-ortho nitro benzene ring substituents is 1. The molecule has 13 heteroatoms. The van der Waals surface area contributed by atoms with Gasteiger partial charge < -0.3 is 9.47 Å². The van der Waals surface area contributed by atoms with E-state index in [4.69, 9.17) is 9.47 Å². The molecule has 6 rings (SSSR count). The monoisotopic (exact) mass is 752 g/mol. The zero-order chi connectivity index (χ0) is 32.7. The van der Waals surface area contributed by atoms with Crippen LogP contribution in [-0.4, -0.2) is 61.7 Å². The number of Topliss-reactive ketones (excluding diaryl/α,β-unsaturated/α-hetero) is 1. The standard InChI is InChI=1S/C33H26Br2N2O9/c34-28-22-15-23(29(28)35)27-26(22)30(39)36(31(27)40)24(14-17-4-2-1-3-5-17)33(42)45-16-25(38)18-8-12-21(13-9-18)46-32(41)19-6-10-20(11-7-19)37(43)44/h1-13,22-24,26-29H,14-16H2. The smallest absolute Gasteiger partial charge is 0.343 e. The maximum Gasteiger partial charge on any atom is 0.343 e. The molecule has 2 amide bonds. The van der Waals surface area contributed by atoms with Crippen molar-refractivity contribution in [3.8, 4) is 5.75 Å². The van der Waals surface area contributed by atoms with Crippen LogP contribution < -0.4 is 4.74 Å². The van der Waals surface area contributed by atoms with Gasteiger partial charge in [0.2, 0.25) is 11.8 Å². The number of benzene rings is 3. The summed E-state index contributed by atoms with van der Waals surface area (Å²) in [6.07, 6.45) is 0.800. The summed E-state index contributed by atoms with van der Waals surface area (Å²) in [5, 5.41) is 10.8. The SMILES string of the molecule is O=C(COC(=O)C(Cc1ccccc1)N1C(=O)C2C3CC(C(Br)C3Br)C2C1=O)c1ccc(OC(=O)c2ccc([N+](=O)[O-])cc2)cc1. The van der Waals surface area contributed by atoms with Crippen LogP contribution in [0, 0.1) is 33.8 Å². The van der Waals surface area contributed by atoms with E-state index < -0.39 is 47.1 Å². The number of halogens is 2. The number of imide groups is 1. The molecule has 0 spiro atoms. The molecule has 7 atom stereocenters. The van der Waals surface area contributed by atoms with Crippen LogP contribution >= 0.6 is 31.9 Å². The molecule has 1 saturated heterocycles. The molecule has 3 aromatic carbocycles. The summed E-state index contributed by atoms with van der Waals surface area (Å²) in [7, 11) is 0. The molecule has 0 N–H and O–H groups in total. The molecule has 7 unspecified atom stereocenters. The van der Waals surface area contributed by atoms with Gasteiger partial charge in [0, 0.05) is 33.8 Å². The lowest BCUT2D eigenvalue weighted by atomic mass is 9.81. The zero-order valence-electron chi connectivity index (χ0n) is 24.0. The zero-order valence-corrected chi connectivity index (χ0v) is 27.2. The average Bonchev–Trinajstić information content (AvgIpc) is 3.68. The highest BCUT2D eigenvalue weighted by Gasteiger charge is 2.67. The third kappa shape index (κ3) is 5.89. The van der Waals surface area contributed by atoms with Crippen molar-refractivity contribution in [1.29, 1.82) is 0 Å². The Morgan fingerprint density at radius 3 is 1.98 bits per heavy atom. The fraction of sp³-hybridized carbons (Fsp3) is 0.303. The molecule has 1 heterocycles. The number of ether oxygens (including phenoxy) is 2. The molecule has 2 aliphatic carbocycles. The van der Waals surface area contributed by atoms with Crippen molar-refractivity contribution in [2.75, 3.05) is 6.61 Å². The Kier molecular flexibility index (Phi) is 8.88. The van der Waals surface area contributed by atoms with Gasteiger partial charge in [-0.3, -0.25) is 29.4 Å². The lowest BCUT2D eigenvalue weighted by Crippen LogP contribution is -2.48. The van der Waals surface area contributed by atoms with Gasteiger partial charge in [-0.1, -0.05) is 62.2 Å². The van der Waals surface area contributed by atoms with E-state index in [2.05, 4.69) is 31.9 Å². The maximum absolute atomic E-state index is 13.7. The summed E-state index contributed by atoms with van der Waals surface area (Å²) >= 11 is 7.36. The summed E-state index contributed by atoms with van der Waals surface area (Å²) in [4.78, 5) is 77.7. The number of esters is 2. The topological polar surface area (TPSA) is 150 Å². The molecule has 0 aromatic heterocycles. The minimum absolute atomic E-state index is 0.0211. The molecular formula is C33H26Br2N2O9. The number of alkyl halides is 2. The van der Waals surface area contributed by atoms with Crippen LogP contribution in [0.1, 0.15) is 32.7 Å². The number of ketones is 1. The van der Waals surface area contributed by atoms with Gasteiger partial charge in [0.1, 0.15) is 11.8 Å². The highest BCUT2D eigenvalue weighted by Crippen LogP contribution is 2.60. The van der Waals surface area contributed by atoms with Gasteiger partial charge in [0.15, 0.2) is 12.4 Å². The fourth-order valence-electron chi connectivity index (χ4n) is 6.71. The van der Waals surface area contributed by atoms with Crippen molar-refractivity contribution in [3.05, 3.63) is 106 Å². The second kappa shape index (κ2) is 12.9. The number of rotatable bonds is 10. The van der Waals surface area contributed by atoms with Crippen LogP contribution in [0.15, 0.2) is 78.9 Å². The summed E-state index contributed by atoms with van der Waals surface area (Å²) in [6, 6.07) is 18.2. The van der Waals surface area contributed by atoms with Crippen molar-refractivity contribution in [2.24, 2.45) is 23.7 Å². The molecule has 3 fully saturated rings. The number of hydrogen-bond acceptors (Lipinski definition) is 9. The first-order chi connectivity index (χ1) is 22.0. The van der Waals surface area contributed by atoms with Crippen LogP contribution in [0.5, 0.6) is 5.75 Å². The van der Waals surface area contributed by atoms with Gasteiger partial charge in [-0.15, -0.1) is 0 Å². The minimum Gasteiger partial charge on any atom is -0.456 e. The number of carbonyl (C=O) groups excluding carboxylic acids is 5. The molecule has 2 saturated carbocycles. The van der Waals surface area contributed by atoms with Gasteiger partial charge >= 0.3 is 11.9 Å². The van der Waals surface area contributed by atoms with E-state index in [1.54, 1.807) is 24.3 Å². The summed E-state index contributed by atoms with van der Waals surface area (Å²) in [5.74, 6) is -3.82. The number of likely N-dealkylation sites (tertiary alicyclic amines) is 1. The molecule has 236 valence electrons. The first-order valence-electron chi connectivity index (χ1n) is 14.5. The molecule has 0 radical (unpaired) electrons. The van der Waals surface area contributed by atoms with E-state index in [-0.39, 0.29) is 62.3 Å². The predicted octanol–water partition coefficient (Wildman–Crippen LogP) is 4.93. The van der Waals surface area contributed by atoms with Crippen LogP contribution in [0.4, 0.5) is 5.69 Å². The fourth-order valence-corrected chi connectivity index (χ4v) is 8.58. The Bertz CT molecular complexity index is 1680. The van der Waals surface area contributed by atoms with E-state index in [9.17, 15) is 34.1 Å². The van der Waals surface area contributed by atoms with E-state index in [1.165, 1.54) is 48.5 Å². The number of fused-ring (bicyclic) bond motifs is 5. The van der Waals surface area contributed by atoms with Gasteiger partial charge in [-0.2, -0.15) is 0 Å². The number of amides is 2. The first kappa shape index (κ1) is 31.7. The largest absolute Gasteiger partial charge is 0.456 e. The number of nitro groups is 1. The molecule has 11 nitrogen and oxygen atoms in total. The summed E-state index contributed by atoms with van der Waals surface area (Å²) in [6.45, 7) is -0.632. The van der Waals surface area contributed by atoms with Crippen molar-refractivity contribution >= 4 is 67.1 Å². The molecule has 1 aliphatic heterocycles. The van der Waals surface area contributed by atoms with E-state index in [0.29, 0.717) is 0 Å². The third-order valence-corrected chi connectivity index (χ3v) is 12.1. The molecular weight excluding hydrogens is 728 g/mol. The predicted molar refractivity (Wildman–Crippen MR) is 170 cm³/mol. The molecule has 3 aliphatic rings. The van der Waals surface area contributed by atoms with Crippen molar-refractivity contribution in [1.82, 2.24) is 4.90 Å². The number of nitrogens with zero attached hydrogens (tertiary/aromatic N) is 2. The second-order valence-corrected chi connectivity index (χ2v) is 13.6. The summed E-state index contributed by atoms with van der Waals surface area (Å²) in [5.41, 5.74) is 0.842. The van der Waals surface area contributed by atoms with Crippen LogP contribution in [0.3, 0.4) is 0 Å². The van der Waals surface area contributed by atoms with Gasteiger partial charge in [-0.05, 0) is 60.2 Å². The second-order valence-electron chi connectivity index (χ2n) is 11.5. The Balaban J connectivity index is 1.12.